The number of carboxylic acids is 1. The van der Waals surface area contributed by atoms with Gasteiger partial charge in [0.25, 0.3) is 0 Å². The summed E-state index contributed by atoms with van der Waals surface area (Å²) in [7, 11) is 0. The number of primary amides is 1. The molecule has 2 rings (SSSR count). The number of rotatable bonds is 8. The van der Waals surface area contributed by atoms with Crippen molar-refractivity contribution in [3.05, 3.63) is 35.4 Å². The van der Waals surface area contributed by atoms with E-state index in [1.54, 1.807) is 23.9 Å². The lowest BCUT2D eigenvalue weighted by Gasteiger charge is -2.31. The van der Waals surface area contributed by atoms with Gasteiger partial charge < -0.3 is 31.1 Å². The number of aliphatic hydroxyl groups is 2. The highest BCUT2D eigenvalue weighted by Gasteiger charge is 2.35. The van der Waals surface area contributed by atoms with Gasteiger partial charge in [-0.05, 0) is 43.0 Å². The van der Waals surface area contributed by atoms with Gasteiger partial charge in [0.1, 0.15) is 24.0 Å². The number of aryl methyl sites for hydroxylation is 1. The van der Waals surface area contributed by atoms with Crippen LogP contribution in [0.1, 0.15) is 18.4 Å². The smallest absolute Gasteiger partial charge is 0.305 e. The molecule has 0 saturated carbocycles. The minimum atomic E-state index is -1.40. The van der Waals surface area contributed by atoms with E-state index in [4.69, 9.17) is 15.6 Å². The first-order valence-electron chi connectivity index (χ1n) is 8.82. The minimum Gasteiger partial charge on any atom is -0.484 e. The summed E-state index contributed by atoms with van der Waals surface area (Å²) >= 11 is 1.58. The summed E-state index contributed by atoms with van der Waals surface area (Å²) in [6.45, 7) is 1.91. The van der Waals surface area contributed by atoms with Crippen LogP contribution >= 0.6 is 11.8 Å². The summed E-state index contributed by atoms with van der Waals surface area (Å²) in [5.41, 5.74) is 6.16. The largest absolute Gasteiger partial charge is 0.484 e. The highest BCUT2D eigenvalue weighted by Crippen LogP contribution is 2.28. The highest BCUT2D eigenvalue weighted by molar-refractivity contribution is 7.98. The van der Waals surface area contributed by atoms with E-state index in [-0.39, 0.29) is 12.0 Å². The highest BCUT2D eigenvalue weighted by atomic mass is 32.2. The molecule has 158 valence electrons. The maximum atomic E-state index is 12.5. The molecular formula is C19H24N2O7S. The summed E-state index contributed by atoms with van der Waals surface area (Å²) in [6.07, 6.45) is -1.10. The number of aliphatic carboxylic acids is 1. The van der Waals surface area contributed by atoms with Crippen molar-refractivity contribution in [2.45, 2.75) is 49.0 Å². The van der Waals surface area contributed by atoms with Crippen molar-refractivity contribution in [2.24, 2.45) is 5.73 Å². The van der Waals surface area contributed by atoms with E-state index in [0.717, 1.165) is 10.5 Å². The SMILES string of the molecule is CSc1ccc(O[C@@H]2C=C(C(=O)N[C@H](CC(=O)O)C(N)=O)C[C@@H](O)[C@H]2O)cc1C. The van der Waals surface area contributed by atoms with Crippen LogP contribution in [0.5, 0.6) is 5.75 Å². The lowest BCUT2D eigenvalue weighted by Crippen LogP contribution is -2.49. The second kappa shape index (κ2) is 9.77. The number of nitrogens with two attached hydrogens (primary N) is 1. The van der Waals surface area contributed by atoms with Crippen molar-refractivity contribution < 1.29 is 34.4 Å². The quantitative estimate of drug-likeness (QED) is 0.364. The second-order valence-electron chi connectivity index (χ2n) is 6.69. The van der Waals surface area contributed by atoms with E-state index in [2.05, 4.69) is 5.32 Å². The average Bonchev–Trinajstić information content (AvgIpc) is 2.64. The van der Waals surface area contributed by atoms with Gasteiger partial charge in [0, 0.05) is 16.9 Å². The van der Waals surface area contributed by atoms with Crippen molar-refractivity contribution >= 4 is 29.5 Å². The van der Waals surface area contributed by atoms with Crippen LogP contribution in [0, 0.1) is 6.92 Å². The van der Waals surface area contributed by atoms with Crippen molar-refractivity contribution in [1.29, 1.82) is 0 Å². The molecule has 0 unspecified atom stereocenters. The Balaban J connectivity index is 2.19. The van der Waals surface area contributed by atoms with Gasteiger partial charge in [-0.2, -0.15) is 0 Å². The molecule has 0 saturated heterocycles. The maximum Gasteiger partial charge on any atom is 0.305 e. The average molecular weight is 424 g/mol. The molecule has 0 spiro atoms. The van der Waals surface area contributed by atoms with Crippen molar-refractivity contribution in [1.82, 2.24) is 5.32 Å². The number of hydrogen-bond acceptors (Lipinski definition) is 7. The summed E-state index contributed by atoms with van der Waals surface area (Å²) in [6, 6.07) is 3.96. The molecule has 6 N–H and O–H groups in total. The van der Waals surface area contributed by atoms with Crippen LogP contribution < -0.4 is 15.8 Å². The van der Waals surface area contributed by atoms with E-state index < -0.39 is 48.6 Å². The minimum absolute atomic E-state index is 0.0573. The van der Waals surface area contributed by atoms with Crippen LogP contribution in [0.4, 0.5) is 0 Å². The number of carboxylic acid groups (broad SMARTS) is 1. The number of aliphatic hydroxyl groups excluding tert-OH is 2. The lowest BCUT2D eigenvalue weighted by atomic mass is 9.91. The number of nitrogens with one attached hydrogen (secondary N) is 1. The Kier molecular flexibility index (Phi) is 7.66. The summed E-state index contributed by atoms with van der Waals surface area (Å²) in [5, 5.41) is 31.5. The zero-order valence-electron chi connectivity index (χ0n) is 16.0. The molecule has 2 amide bonds. The van der Waals surface area contributed by atoms with Gasteiger partial charge in [-0.25, -0.2) is 0 Å². The van der Waals surface area contributed by atoms with E-state index in [1.165, 1.54) is 6.08 Å². The maximum absolute atomic E-state index is 12.5. The number of carbonyl (C=O) groups excluding carboxylic acids is 2. The van der Waals surface area contributed by atoms with E-state index in [0.29, 0.717) is 5.75 Å². The van der Waals surface area contributed by atoms with Crippen LogP contribution in [-0.4, -0.2) is 63.7 Å². The fraction of sp³-hybridized carbons (Fsp3) is 0.421. The first kappa shape index (κ1) is 22.7. The van der Waals surface area contributed by atoms with Crippen LogP contribution in [0.25, 0.3) is 0 Å². The molecule has 10 heteroatoms. The third-order valence-electron chi connectivity index (χ3n) is 4.48. The third-order valence-corrected chi connectivity index (χ3v) is 5.38. The van der Waals surface area contributed by atoms with Crippen LogP contribution in [0.15, 0.2) is 34.7 Å². The first-order valence-corrected chi connectivity index (χ1v) is 10.0. The molecule has 9 nitrogen and oxygen atoms in total. The van der Waals surface area contributed by atoms with Gasteiger partial charge in [-0.3, -0.25) is 14.4 Å². The number of hydrogen-bond donors (Lipinski definition) is 5. The fourth-order valence-electron chi connectivity index (χ4n) is 2.93. The number of amides is 2. The van der Waals surface area contributed by atoms with Crippen LogP contribution in [0.3, 0.4) is 0 Å². The normalized spacial score (nSPS) is 22.3. The molecule has 1 aromatic rings. The molecule has 0 aliphatic heterocycles. The van der Waals surface area contributed by atoms with E-state index >= 15 is 0 Å². The topological polar surface area (TPSA) is 159 Å². The van der Waals surface area contributed by atoms with Crippen LogP contribution in [0.2, 0.25) is 0 Å². The Labute approximate surface area is 171 Å². The summed E-state index contributed by atoms with van der Waals surface area (Å²) < 4.78 is 5.75. The predicted octanol–water partition coefficient (Wildman–Crippen LogP) is -0.0390. The molecular weight excluding hydrogens is 400 g/mol. The Morgan fingerprint density at radius 3 is 2.59 bits per heavy atom. The third kappa shape index (κ3) is 5.96. The molecule has 0 radical (unpaired) electrons. The van der Waals surface area contributed by atoms with Gasteiger partial charge in [-0.1, -0.05) is 0 Å². The van der Waals surface area contributed by atoms with Gasteiger partial charge in [0.2, 0.25) is 11.8 Å². The lowest BCUT2D eigenvalue weighted by molar-refractivity contribution is -0.140. The van der Waals surface area contributed by atoms with Gasteiger partial charge in [0.15, 0.2) is 0 Å². The predicted molar refractivity (Wildman–Crippen MR) is 105 cm³/mol. The number of ether oxygens (including phenoxy) is 1. The Morgan fingerprint density at radius 1 is 1.34 bits per heavy atom. The molecule has 0 fully saturated rings. The van der Waals surface area contributed by atoms with Gasteiger partial charge >= 0.3 is 5.97 Å². The van der Waals surface area contributed by atoms with Gasteiger partial charge in [0.05, 0.1) is 12.5 Å². The second-order valence-corrected chi connectivity index (χ2v) is 7.54. The fourth-order valence-corrected chi connectivity index (χ4v) is 3.52. The van der Waals surface area contributed by atoms with E-state index in [1.807, 2.05) is 19.2 Å². The van der Waals surface area contributed by atoms with Crippen molar-refractivity contribution in [3.8, 4) is 5.75 Å². The van der Waals surface area contributed by atoms with Crippen molar-refractivity contribution in [3.63, 3.8) is 0 Å². The molecule has 0 heterocycles. The molecule has 0 bridgehead atoms. The summed E-state index contributed by atoms with van der Waals surface area (Å²) in [5.74, 6) is -2.60. The molecule has 1 aromatic carbocycles. The van der Waals surface area contributed by atoms with E-state index in [9.17, 15) is 24.6 Å². The molecule has 1 aliphatic carbocycles. The van der Waals surface area contributed by atoms with Gasteiger partial charge in [-0.15, -0.1) is 11.8 Å². The Morgan fingerprint density at radius 2 is 2.03 bits per heavy atom. The Hall–Kier alpha value is -2.56. The zero-order chi connectivity index (χ0) is 21.7. The monoisotopic (exact) mass is 424 g/mol. The zero-order valence-corrected chi connectivity index (χ0v) is 16.8. The molecule has 4 atom stereocenters. The van der Waals surface area contributed by atoms with Crippen molar-refractivity contribution in [2.75, 3.05) is 6.26 Å². The number of thioether (sulfide) groups is 1. The standard InChI is InChI=1S/C19H24N2O7S/c1-9-5-11(3-4-15(9)29-2)28-14-7-10(6-13(22)17(14)25)19(27)21-12(18(20)26)8-16(23)24/h3-5,7,12-14,17,22,25H,6,8H2,1-2H3,(H2,20,26)(H,21,27)(H,23,24)/t12-,13-,14-,17-/m1/s1. The number of carbonyl (C=O) groups is 3. The summed E-state index contributed by atoms with van der Waals surface area (Å²) in [4.78, 5) is 35.7. The van der Waals surface area contributed by atoms with Crippen LogP contribution in [-0.2, 0) is 14.4 Å². The Bertz CT molecular complexity index is 827. The first-order chi connectivity index (χ1) is 13.6. The molecule has 1 aliphatic rings. The number of benzene rings is 1. The molecule has 0 aromatic heterocycles. The molecule has 29 heavy (non-hydrogen) atoms.